The standard InChI is InChI=1S/C24H19F6N2O4Si/c1-37(2)9-3-8-32-20(35)15-7-5-13(11-17(15)21(32)36)22(23(25,26)27,24(28,29)30)12-4-6-14-16(10-12)19(34)31-18(14)33/h4-7,10-11H,3,8-9H2,1-2H3,(H,31,33,34). The molecule has 0 unspecified atom stereocenters. The molecule has 0 fully saturated rings. The van der Waals surface area contributed by atoms with E-state index in [0.29, 0.717) is 30.7 Å². The molecule has 13 heteroatoms. The number of hydrogen-bond acceptors (Lipinski definition) is 4. The van der Waals surface area contributed by atoms with Gasteiger partial charge in [0, 0.05) is 15.3 Å². The molecule has 0 aliphatic carbocycles. The Kier molecular flexibility index (Phi) is 6.33. The number of benzene rings is 2. The summed E-state index contributed by atoms with van der Waals surface area (Å²) in [6.07, 6.45) is -11.5. The van der Waals surface area contributed by atoms with Crippen molar-refractivity contribution in [3.05, 3.63) is 69.8 Å². The summed E-state index contributed by atoms with van der Waals surface area (Å²) in [6.45, 7) is 4.03. The van der Waals surface area contributed by atoms with Gasteiger partial charge in [0.15, 0.2) is 0 Å². The number of rotatable bonds is 6. The highest BCUT2D eigenvalue weighted by molar-refractivity contribution is 6.55. The number of carbonyl (C=O) groups excluding carboxylic acids is 4. The largest absolute Gasteiger partial charge is 0.411 e. The van der Waals surface area contributed by atoms with Crippen molar-refractivity contribution in [1.82, 2.24) is 10.2 Å². The zero-order valence-electron chi connectivity index (χ0n) is 19.4. The van der Waals surface area contributed by atoms with Gasteiger partial charge in [-0.3, -0.25) is 29.4 Å². The number of alkyl halides is 6. The van der Waals surface area contributed by atoms with Crippen LogP contribution in [0.1, 0.15) is 59.0 Å². The predicted molar refractivity (Wildman–Crippen MR) is 120 cm³/mol. The van der Waals surface area contributed by atoms with Crippen molar-refractivity contribution in [2.45, 2.75) is 43.3 Å². The Labute approximate surface area is 208 Å². The first kappa shape index (κ1) is 26.6. The van der Waals surface area contributed by atoms with Crippen molar-refractivity contribution in [2.75, 3.05) is 6.54 Å². The zero-order valence-corrected chi connectivity index (χ0v) is 20.4. The predicted octanol–water partition coefficient (Wildman–Crippen LogP) is 4.72. The third kappa shape index (κ3) is 4.05. The molecular weight excluding hydrogens is 522 g/mol. The molecule has 0 bridgehead atoms. The third-order valence-corrected chi connectivity index (χ3v) is 7.84. The van der Waals surface area contributed by atoms with Crippen LogP contribution in [0.3, 0.4) is 0 Å². The first-order chi connectivity index (χ1) is 17.1. The fourth-order valence-corrected chi connectivity index (χ4v) is 5.57. The van der Waals surface area contributed by atoms with E-state index in [2.05, 4.69) is 0 Å². The summed E-state index contributed by atoms with van der Waals surface area (Å²) in [6, 6.07) is 4.10. The van der Waals surface area contributed by atoms with Gasteiger partial charge in [-0.15, -0.1) is 0 Å². The fraction of sp³-hybridized carbons (Fsp3) is 0.333. The van der Waals surface area contributed by atoms with Crippen LogP contribution in [-0.4, -0.2) is 56.2 Å². The van der Waals surface area contributed by atoms with Crippen molar-refractivity contribution in [1.29, 1.82) is 0 Å². The summed E-state index contributed by atoms with van der Waals surface area (Å²) in [5.41, 5.74) is -9.20. The molecular formula is C24H19F6N2O4Si. The molecule has 0 spiro atoms. The Morgan fingerprint density at radius 3 is 1.76 bits per heavy atom. The Balaban J connectivity index is 1.89. The average Bonchev–Trinajstić information content (AvgIpc) is 3.19. The molecule has 1 radical (unpaired) electrons. The lowest BCUT2D eigenvalue weighted by Crippen LogP contribution is -2.55. The summed E-state index contributed by atoms with van der Waals surface area (Å²) in [7, 11) is -0.676. The Morgan fingerprint density at radius 2 is 1.22 bits per heavy atom. The second-order valence-electron chi connectivity index (χ2n) is 9.12. The van der Waals surface area contributed by atoms with Crippen LogP contribution >= 0.6 is 0 Å². The molecule has 4 rings (SSSR count). The Hall–Kier alpha value is -3.48. The molecule has 2 aromatic rings. The second kappa shape index (κ2) is 8.82. The highest BCUT2D eigenvalue weighted by Gasteiger charge is 2.73. The van der Waals surface area contributed by atoms with E-state index in [-0.39, 0.29) is 17.7 Å². The van der Waals surface area contributed by atoms with Gasteiger partial charge < -0.3 is 0 Å². The molecule has 2 aromatic carbocycles. The lowest BCUT2D eigenvalue weighted by atomic mass is 9.71. The molecule has 4 amide bonds. The van der Waals surface area contributed by atoms with Gasteiger partial charge in [-0.25, -0.2) is 0 Å². The molecule has 2 aliphatic heterocycles. The number of hydrogen-bond donors (Lipinski definition) is 1. The summed E-state index contributed by atoms with van der Waals surface area (Å²) >= 11 is 0. The average molecular weight is 542 g/mol. The maximum absolute atomic E-state index is 14.6. The Morgan fingerprint density at radius 1 is 0.730 bits per heavy atom. The molecule has 37 heavy (non-hydrogen) atoms. The van der Waals surface area contributed by atoms with Crippen LogP contribution in [0, 0.1) is 0 Å². The van der Waals surface area contributed by atoms with E-state index in [1.54, 1.807) is 0 Å². The van der Waals surface area contributed by atoms with E-state index in [0.717, 1.165) is 23.1 Å². The first-order valence-electron chi connectivity index (χ1n) is 11.0. The minimum atomic E-state index is -5.99. The van der Waals surface area contributed by atoms with Gasteiger partial charge >= 0.3 is 12.4 Å². The number of nitrogens with one attached hydrogen (secondary N) is 1. The van der Waals surface area contributed by atoms with E-state index in [4.69, 9.17) is 0 Å². The lowest BCUT2D eigenvalue weighted by Gasteiger charge is -2.38. The van der Waals surface area contributed by atoms with E-state index in [1.165, 1.54) is 0 Å². The highest BCUT2D eigenvalue weighted by atomic mass is 28.3. The minimum Gasteiger partial charge on any atom is -0.288 e. The SMILES string of the molecule is C[Si](C)CCCN1C(=O)c2ccc(C(c3ccc4c(c3)C(=O)NC4=O)(C(F)(F)F)C(F)(F)F)cc2C1=O. The number of amides is 4. The minimum absolute atomic E-state index is 0.00479. The molecule has 0 saturated heterocycles. The first-order valence-corrected chi connectivity index (χ1v) is 13.8. The maximum atomic E-state index is 14.6. The van der Waals surface area contributed by atoms with Crippen LogP contribution in [0.4, 0.5) is 26.3 Å². The molecule has 0 saturated carbocycles. The van der Waals surface area contributed by atoms with Crippen molar-refractivity contribution < 1.29 is 45.5 Å². The molecule has 1 N–H and O–H groups in total. The monoisotopic (exact) mass is 541 g/mol. The molecule has 2 heterocycles. The smallest absolute Gasteiger partial charge is 0.288 e. The van der Waals surface area contributed by atoms with E-state index >= 15 is 0 Å². The topological polar surface area (TPSA) is 83.6 Å². The van der Waals surface area contributed by atoms with Gasteiger partial charge in [0.05, 0.1) is 22.3 Å². The lowest BCUT2D eigenvalue weighted by molar-refractivity contribution is -0.288. The normalized spacial score (nSPS) is 16.0. The van der Waals surface area contributed by atoms with Crippen LogP contribution in [0.25, 0.3) is 0 Å². The number of nitrogens with zero attached hydrogens (tertiary/aromatic N) is 1. The quantitative estimate of drug-likeness (QED) is 0.326. The maximum Gasteiger partial charge on any atom is 0.411 e. The molecule has 0 aromatic heterocycles. The van der Waals surface area contributed by atoms with Gasteiger partial charge in [-0.2, -0.15) is 26.3 Å². The van der Waals surface area contributed by atoms with Crippen molar-refractivity contribution in [3.63, 3.8) is 0 Å². The van der Waals surface area contributed by atoms with Gasteiger partial charge in [0.1, 0.15) is 0 Å². The summed E-state index contributed by atoms with van der Waals surface area (Å²) in [5.74, 6) is -3.84. The van der Waals surface area contributed by atoms with Crippen LogP contribution < -0.4 is 5.32 Å². The van der Waals surface area contributed by atoms with Crippen LogP contribution in [0.2, 0.25) is 19.1 Å². The van der Waals surface area contributed by atoms with Crippen LogP contribution in [0.5, 0.6) is 0 Å². The number of imide groups is 2. The van der Waals surface area contributed by atoms with E-state index < -0.39 is 72.4 Å². The number of halogens is 6. The summed E-state index contributed by atoms with van der Waals surface area (Å²) in [5, 5.41) is 1.83. The van der Waals surface area contributed by atoms with Crippen molar-refractivity contribution >= 4 is 32.4 Å². The zero-order chi connectivity index (χ0) is 27.5. The number of fused-ring (bicyclic) bond motifs is 2. The van der Waals surface area contributed by atoms with Crippen molar-refractivity contribution in [3.8, 4) is 0 Å². The number of carbonyl (C=O) groups is 4. The molecule has 2 aliphatic rings. The van der Waals surface area contributed by atoms with Gasteiger partial charge in [-0.1, -0.05) is 31.3 Å². The Bertz CT molecular complexity index is 1320. The van der Waals surface area contributed by atoms with Crippen LogP contribution in [-0.2, 0) is 5.41 Å². The van der Waals surface area contributed by atoms with E-state index in [9.17, 15) is 45.5 Å². The second-order valence-corrected chi connectivity index (χ2v) is 12.0. The van der Waals surface area contributed by atoms with E-state index in [1.807, 2.05) is 18.4 Å². The summed E-state index contributed by atoms with van der Waals surface area (Å²) < 4.78 is 87.4. The van der Waals surface area contributed by atoms with Gasteiger partial charge in [0.2, 0.25) is 5.41 Å². The van der Waals surface area contributed by atoms with Gasteiger partial charge in [0.25, 0.3) is 23.6 Å². The molecule has 6 nitrogen and oxygen atoms in total. The summed E-state index contributed by atoms with van der Waals surface area (Å²) in [4.78, 5) is 50.2. The van der Waals surface area contributed by atoms with Gasteiger partial charge in [-0.05, 0) is 41.8 Å². The van der Waals surface area contributed by atoms with Crippen LogP contribution in [0.15, 0.2) is 36.4 Å². The molecule has 195 valence electrons. The highest BCUT2D eigenvalue weighted by Crippen LogP contribution is 2.56. The van der Waals surface area contributed by atoms with Crippen molar-refractivity contribution in [2.24, 2.45) is 0 Å². The fourth-order valence-electron chi connectivity index (χ4n) is 4.70. The third-order valence-electron chi connectivity index (χ3n) is 6.48. The molecule has 0 atom stereocenters.